The minimum Gasteiger partial charge on any atom is -0.545 e. The fourth-order valence-corrected chi connectivity index (χ4v) is 3.00. The van der Waals surface area contributed by atoms with Gasteiger partial charge < -0.3 is 24.4 Å². The number of rotatable bonds is 3. The molecule has 0 aliphatic carbocycles. The van der Waals surface area contributed by atoms with Crippen LogP contribution in [0.25, 0.3) is 10.9 Å². The van der Waals surface area contributed by atoms with Crippen molar-refractivity contribution in [1.82, 2.24) is 9.55 Å². The number of H-pyrrole nitrogens is 1. The van der Waals surface area contributed by atoms with Crippen LogP contribution in [0.1, 0.15) is 15.9 Å². The Morgan fingerprint density at radius 1 is 1.20 bits per heavy atom. The number of nitrogens with one attached hydrogen (secondary N) is 1. The Morgan fingerprint density at radius 2 is 2.00 bits per heavy atom. The van der Waals surface area contributed by atoms with E-state index in [-0.39, 0.29) is 29.2 Å². The van der Waals surface area contributed by atoms with Crippen molar-refractivity contribution < 1.29 is 19.4 Å². The van der Waals surface area contributed by atoms with Gasteiger partial charge in [-0.1, -0.05) is 12.1 Å². The summed E-state index contributed by atoms with van der Waals surface area (Å²) in [5.41, 5.74) is 0.863. The van der Waals surface area contributed by atoms with E-state index < -0.39 is 5.97 Å². The Hall–Kier alpha value is -3.13. The molecule has 0 atom stereocenters. The lowest BCUT2D eigenvalue weighted by molar-refractivity contribution is -0.255. The third-order valence-corrected chi connectivity index (χ3v) is 4.32. The highest BCUT2D eigenvalue weighted by Crippen LogP contribution is 2.32. The minimum absolute atomic E-state index is 0.0222. The number of fused-ring (bicyclic) bond motifs is 2. The molecule has 0 amide bonds. The highest BCUT2D eigenvalue weighted by atomic mass is 32.1. The maximum absolute atomic E-state index is 12.7. The number of aromatic amines is 1. The van der Waals surface area contributed by atoms with E-state index in [4.69, 9.17) is 21.7 Å². The molecule has 4 rings (SSSR count). The quantitative estimate of drug-likeness (QED) is 0.709. The second kappa shape index (κ2) is 5.75. The second-order valence-corrected chi connectivity index (χ2v) is 5.94. The molecule has 0 saturated heterocycles. The van der Waals surface area contributed by atoms with Crippen molar-refractivity contribution in [3.8, 4) is 11.5 Å². The van der Waals surface area contributed by atoms with Crippen LogP contribution in [0.2, 0.25) is 0 Å². The van der Waals surface area contributed by atoms with Gasteiger partial charge in [0.05, 0.1) is 23.4 Å². The normalized spacial score (nSPS) is 12.5. The molecular weight excluding hydrogens is 344 g/mol. The molecule has 3 aromatic rings. The van der Waals surface area contributed by atoms with E-state index in [1.54, 1.807) is 12.1 Å². The maximum atomic E-state index is 12.7. The largest absolute Gasteiger partial charge is 0.545 e. The average molecular weight is 355 g/mol. The van der Waals surface area contributed by atoms with E-state index in [0.717, 1.165) is 5.56 Å². The predicted molar refractivity (Wildman–Crippen MR) is 89.4 cm³/mol. The minimum atomic E-state index is -1.31. The lowest BCUT2D eigenvalue weighted by Gasteiger charge is -2.10. The number of aromatic nitrogens is 2. The van der Waals surface area contributed by atoms with Crippen LogP contribution in [-0.4, -0.2) is 22.3 Å². The van der Waals surface area contributed by atoms with Gasteiger partial charge in [-0.2, -0.15) is 0 Å². The molecule has 1 aliphatic rings. The summed E-state index contributed by atoms with van der Waals surface area (Å²) in [7, 11) is 0. The first-order valence-corrected chi connectivity index (χ1v) is 7.80. The van der Waals surface area contributed by atoms with Crippen molar-refractivity contribution in [1.29, 1.82) is 0 Å². The number of aromatic carboxylic acids is 1. The molecule has 0 saturated carbocycles. The number of ether oxygens (including phenoxy) is 2. The molecule has 126 valence electrons. The molecule has 0 bridgehead atoms. The maximum Gasteiger partial charge on any atom is 0.262 e. The van der Waals surface area contributed by atoms with Gasteiger partial charge in [0.2, 0.25) is 6.79 Å². The zero-order valence-electron chi connectivity index (χ0n) is 12.8. The van der Waals surface area contributed by atoms with Gasteiger partial charge in [-0.3, -0.25) is 9.36 Å². The van der Waals surface area contributed by atoms with Crippen LogP contribution in [0.4, 0.5) is 0 Å². The second-order valence-electron chi connectivity index (χ2n) is 5.56. The van der Waals surface area contributed by atoms with Crippen LogP contribution in [0.3, 0.4) is 0 Å². The summed E-state index contributed by atoms with van der Waals surface area (Å²) < 4.78 is 12.2. The van der Waals surface area contributed by atoms with Gasteiger partial charge in [0.15, 0.2) is 16.3 Å². The van der Waals surface area contributed by atoms with E-state index in [1.165, 1.54) is 22.8 Å². The number of nitrogens with zero attached hydrogens (tertiary/aromatic N) is 1. The van der Waals surface area contributed by atoms with Gasteiger partial charge in [-0.15, -0.1) is 0 Å². The topological polar surface area (TPSA) is 96.4 Å². The van der Waals surface area contributed by atoms with Crippen LogP contribution in [-0.2, 0) is 6.54 Å². The van der Waals surface area contributed by atoms with Gasteiger partial charge in [-0.25, -0.2) is 0 Å². The van der Waals surface area contributed by atoms with Gasteiger partial charge in [-0.05, 0) is 47.6 Å². The zero-order valence-corrected chi connectivity index (χ0v) is 13.6. The molecule has 0 fully saturated rings. The summed E-state index contributed by atoms with van der Waals surface area (Å²) in [6, 6.07) is 9.53. The van der Waals surface area contributed by atoms with Gasteiger partial charge >= 0.3 is 0 Å². The first-order valence-electron chi connectivity index (χ1n) is 7.40. The Kier molecular flexibility index (Phi) is 3.54. The lowest BCUT2D eigenvalue weighted by atomic mass is 10.1. The van der Waals surface area contributed by atoms with Crippen molar-refractivity contribution in [2.75, 3.05) is 6.79 Å². The SMILES string of the molecule is O=C([O-])c1ccc2c(=O)n(Cc3ccc4c(c3)OCO4)c(=S)[nH]c2c1. The van der Waals surface area contributed by atoms with E-state index in [1.807, 2.05) is 6.07 Å². The third-order valence-electron chi connectivity index (χ3n) is 4.00. The fourth-order valence-electron chi connectivity index (χ4n) is 2.75. The lowest BCUT2D eigenvalue weighted by Crippen LogP contribution is -2.24. The van der Waals surface area contributed by atoms with Crippen LogP contribution >= 0.6 is 12.2 Å². The Labute approximate surface area is 146 Å². The summed E-state index contributed by atoms with van der Waals surface area (Å²) in [6.07, 6.45) is 0. The zero-order chi connectivity index (χ0) is 17.6. The summed E-state index contributed by atoms with van der Waals surface area (Å²) >= 11 is 5.26. The average Bonchev–Trinajstić information content (AvgIpc) is 3.05. The Morgan fingerprint density at radius 3 is 2.80 bits per heavy atom. The van der Waals surface area contributed by atoms with Crippen molar-refractivity contribution in [3.63, 3.8) is 0 Å². The molecule has 2 heterocycles. The number of carbonyl (C=O) groups excluding carboxylic acids is 1. The van der Waals surface area contributed by atoms with E-state index in [0.29, 0.717) is 22.4 Å². The van der Waals surface area contributed by atoms with Crippen molar-refractivity contribution in [3.05, 3.63) is 62.6 Å². The highest BCUT2D eigenvalue weighted by Gasteiger charge is 2.14. The van der Waals surface area contributed by atoms with Gasteiger partial charge in [0.25, 0.3) is 5.56 Å². The van der Waals surface area contributed by atoms with Crippen molar-refractivity contribution in [2.45, 2.75) is 6.54 Å². The molecule has 1 N–H and O–H groups in total. The fraction of sp³-hybridized carbons (Fsp3) is 0.118. The first-order chi connectivity index (χ1) is 12.0. The molecule has 0 unspecified atom stereocenters. The van der Waals surface area contributed by atoms with Crippen LogP contribution < -0.4 is 20.1 Å². The summed E-state index contributed by atoms with van der Waals surface area (Å²) in [5, 5.41) is 11.3. The number of carbonyl (C=O) groups is 1. The molecule has 25 heavy (non-hydrogen) atoms. The van der Waals surface area contributed by atoms with Crippen LogP contribution in [0.15, 0.2) is 41.2 Å². The summed E-state index contributed by atoms with van der Waals surface area (Å²) in [6.45, 7) is 0.429. The van der Waals surface area contributed by atoms with Crippen LogP contribution in [0, 0.1) is 4.77 Å². The number of benzene rings is 2. The Bertz CT molecular complexity index is 1130. The predicted octanol–water partition coefficient (Wildman–Crippen LogP) is 1.20. The number of carboxylic acids is 1. The molecule has 7 nitrogen and oxygen atoms in total. The number of hydrogen-bond acceptors (Lipinski definition) is 6. The molecule has 0 radical (unpaired) electrons. The summed E-state index contributed by atoms with van der Waals surface area (Å²) in [4.78, 5) is 26.6. The molecule has 2 aromatic carbocycles. The Balaban J connectivity index is 1.80. The summed E-state index contributed by atoms with van der Waals surface area (Å²) in [5.74, 6) is -0.0276. The third kappa shape index (κ3) is 2.66. The molecule has 8 heteroatoms. The smallest absolute Gasteiger partial charge is 0.262 e. The van der Waals surface area contributed by atoms with Gasteiger partial charge in [0.1, 0.15) is 0 Å². The molecular formula is C17H11N2O5S-. The van der Waals surface area contributed by atoms with Crippen molar-refractivity contribution in [2.24, 2.45) is 0 Å². The van der Waals surface area contributed by atoms with E-state index in [9.17, 15) is 14.7 Å². The molecule has 1 aromatic heterocycles. The van der Waals surface area contributed by atoms with Gasteiger partial charge in [0, 0.05) is 0 Å². The van der Waals surface area contributed by atoms with E-state index >= 15 is 0 Å². The monoisotopic (exact) mass is 355 g/mol. The highest BCUT2D eigenvalue weighted by molar-refractivity contribution is 7.71. The standard InChI is InChI=1S/C17H12N2O5S/c20-15-11-3-2-10(16(21)22)6-12(11)18-17(25)19(15)7-9-1-4-13-14(5-9)24-8-23-13/h1-6H,7-8H2,(H,18,25)(H,21,22)/p-1. The molecule has 1 aliphatic heterocycles. The van der Waals surface area contributed by atoms with Crippen LogP contribution in [0.5, 0.6) is 11.5 Å². The van der Waals surface area contributed by atoms with E-state index in [2.05, 4.69) is 4.98 Å². The first kappa shape index (κ1) is 15.4. The molecule has 0 spiro atoms. The van der Waals surface area contributed by atoms with Crippen molar-refractivity contribution >= 4 is 29.1 Å². The number of hydrogen-bond donors (Lipinski definition) is 1. The number of carboxylic acid groups (broad SMARTS) is 1.